The van der Waals surface area contributed by atoms with Gasteiger partial charge in [0.25, 0.3) is 5.91 Å². The Morgan fingerprint density at radius 3 is 2.54 bits per heavy atom. The van der Waals surface area contributed by atoms with E-state index in [1.54, 1.807) is 22.1 Å². The SMILES string of the molecule is CC(Oc1cc(-n2cnc3cc(-c4cnn(C)c4)ccc32)sc1C(N)=O)c1ccnc(OC2CCN(C(=O)OC(C)(C)C)CC2)c1. The molecule has 1 atom stereocenters. The third-order valence-electron chi connectivity index (χ3n) is 7.64. The number of pyridine rings is 1. The zero-order valence-electron chi connectivity index (χ0n) is 26.5. The normalized spacial score (nSPS) is 14.8. The lowest BCUT2D eigenvalue weighted by Gasteiger charge is -2.33. The Kier molecular flexibility index (Phi) is 8.43. The number of nitrogens with two attached hydrogens (primary N) is 1. The van der Waals surface area contributed by atoms with Crippen LogP contribution in [-0.2, 0) is 11.8 Å². The van der Waals surface area contributed by atoms with Gasteiger partial charge in [0.15, 0.2) is 0 Å². The molecule has 6 rings (SSSR count). The first-order valence-corrected chi connectivity index (χ1v) is 15.9. The van der Waals surface area contributed by atoms with Crippen LogP contribution >= 0.6 is 11.3 Å². The van der Waals surface area contributed by atoms with Gasteiger partial charge < -0.3 is 24.8 Å². The van der Waals surface area contributed by atoms with Crippen molar-refractivity contribution in [2.75, 3.05) is 13.1 Å². The molecule has 2 N–H and O–H groups in total. The van der Waals surface area contributed by atoms with Gasteiger partial charge in [0.2, 0.25) is 5.88 Å². The van der Waals surface area contributed by atoms with Crippen molar-refractivity contribution in [3.63, 3.8) is 0 Å². The van der Waals surface area contributed by atoms with Gasteiger partial charge in [0.1, 0.15) is 39.8 Å². The minimum absolute atomic E-state index is 0.0796. The first kappa shape index (κ1) is 31.1. The fourth-order valence-corrected chi connectivity index (χ4v) is 6.26. The molecule has 2 amide bonds. The predicted octanol–water partition coefficient (Wildman–Crippen LogP) is 5.90. The van der Waals surface area contributed by atoms with Crippen LogP contribution in [0, 0.1) is 0 Å². The molecule has 46 heavy (non-hydrogen) atoms. The number of carbonyl (C=O) groups is 2. The van der Waals surface area contributed by atoms with Gasteiger partial charge in [-0.3, -0.25) is 14.0 Å². The van der Waals surface area contributed by atoms with Crippen molar-refractivity contribution in [3.05, 3.63) is 71.8 Å². The standard InChI is InChI=1S/C33H37N7O5S/c1-20(21-8-11-35-28(15-21)44-24-9-12-39(13-10-24)32(42)45-33(2,3)4)43-27-16-29(46-30(27)31(34)41)40-19-36-25-14-22(6-7-26(25)40)23-17-37-38(5)18-23/h6-8,11,14-20,24H,9-10,12-13H2,1-5H3,(H2,34,41). The number of ether oxygens (including phenoxy) is 3. The summed E-state index contributed by atoms with van der Waals surface area (Å²) in [6.45, 7) is 8.57. The lowest BCUT2D eigenvalue weighted by molar-refractivity contribution is 0.0122. The second-order valence-electron chi connectivity index (χ2n) is 12.3. The molecule has 5 aromatic rings. The number of nitrogens with zero attached hydrogens (tertiary/aromatic N) is 6. The number of aromatic nitrogens is 5. The molecular formula is C33H37N7O5S. The summed E-state index contributed by atoms with van der Waals surface area (Å²) < 4.78 is 21.7. The fourth-order valence-electron chi connectivity index (χ4n) is 5.33. The van der Waals surface area contributed by atoms with Gasteiger partial charge in [-0.2, -0.15) is 5.10 Å². The summed E-state index contributed by atoms with van der Waals surface area (Å²) in [5, 5.41) is 5.01. The Morgan fingerprint density at radius 2 is 1.85 bits per heavy atom. The maximum Gasteiger partial charge on any atom is 0.410 e. The van der Waals surface area contributed by atoms with Gasteiger partial charge in [0, 0.05) is 63.1 Å². The maximum atomic E-state index is 12.5. The molecule has 4 aromatic heterocycles. The number of likely N-dealkylation sites (tertiary alicyclic amines) is 1. The number of aryl methyl sites for hydroxylation is 1. The highest BCUT2D eigenvalue weighted by atomic mass is 32.1. The van der Waals surface area contributed by atoms with Gasteiger partial charge in [0.05, 0.1) is 17.2 Å². The fraction of sp³-hybridized carbons (Fsp3) is 0.364. The van der Waals surface area contributed by atoms with Crippen LogP contribution in [0.5, 0.6) is 11.6 Å². The second-order valence-corrected chi connectivity index (χ2v) is 13.4. The molecule has 13 heteroatoms. The summed E-state index contributed by atoms with van der Waals surface area (Å²) in [6.07, 6.45) is 7.70. The molecule has 1 aliphatic rings. The number of imidazole rings is 1. The van der Waals surface area contributed by atoms with E-state index >= 15 is 0 Å². The highest BCUT2D eigenvalue weighted by Gasteiger charge is 2.28. The number of primary amides is 1. The van der Waals surface area contributed by atoms with Crippen LogP contribution in [-0.4, -0.2) is 66.0 Å². The highest BCUT2D eigenvalue weighted by molar-refractivity contribution is 7.16. The first-order valence-electron chi connectivity index (χ1n) is 15.1. The van der Waals surface area contributed by atoms with E-state index in [0.717, 1.165) is 32.7 Å². The third kappa shape index (κ3) is 6.84. The molecule has 12 nitrogen and oxygen atoms in total. The van der Waals surface area contributed by atoms with Crippen LogP contribution in [0.2, 0.25) is 0 Å². The van der Waals surface area contributed by atoms with Crippen molar-refractivity contribution in [3.8, 4) is 27.8 Å². The highest BCUT2D eigenvalue weighted by Crippen LogP contribution is 2.37. The Balaban J connectivity index is 1.14. The van der Waals surface area contributed by atoms with Crippen molar-refractivity contribution in [1.82, 2.24) is 29.2 Å². The molecule has 0 bridgehead atoms. The van der Waals surface area contributed by atoms with E-state index in [0.29, 0.717) is 42.4 Å². The summed E-state index contributed by atoms with van der Waals surface area (Å²) in [6, 6.07) is 11.5. The molecular weight excluding hydrogens is 606 g/mol. The number of thiophene rings is 1. The van der Waals surface area contributed by atoms with Crippen molar-refractivity contribution < 1.29 is 23.8 Å². The van der Waals surface area contributed by atoms with Crippen LogP contribution < -0.4 is 15.2 Å². The average molecular weight is 644 g/mol. The zero-order valence-corrected chi connectivity index (χ0v) is 27.3. The maximum absolute atomic E-state index is 12.5. The zero-order chi connectivity index (χ0) is 32.6. The number of carbonyl (C=O) groups excluding carboxylic acids is 2. The molecule has 0 spiro atoms. The van der Waals surface area contributed by atoms with Gasteiger partial charge in [-0.1, -0.05) is 6.07 Å². The van der Waals surface area contributed by atoms with Crippen molar-refractivity contribution in [1.29, 1.82) is 0 Å². The number of benzene rings is 1. The number of piperidine rings is 1. The van der Waals surface area contributed by atoms with E-state index < -0.39 is 17.6 Å². The monoisotopic (exact) mass is 643 g/mol. The molecule has 0 radical (unpaired) electrons. The summed E-state index contributed by atoms with van der Waals surface area (Å²) in [5.74, 6) is 0.293. The minimum Gasteiger partial charge on any atom is -0.484 e. The number of amides is 2. The molecule has 240 valence electrons. The topological polar surface area (TPSA) is 140 Å². The largest absolute Gasteiger partial charge is 0.484 e. The first-order chi connectivity index (χ1) is 21.9. The van der Waals surface area contributed by atoms with Crippen molar-refractivity contribution in [2.24, 2.45) is 12.8 Å². The molecule has 1 saturated heterocycles. The van der Waals surface area contributed by atoms with E-state index in [-0.39, 0.29) is 12.2 Å². The molecule has 5 heterocycles. The van der Waals surface area contributed by atoms with Crippen LogP contribution in [0.25, 0.3) is 27.2 Å². The van der Waals surface area contributed by atoms with Crippen molar-refractivity contribution >= 4 is 34.4 Å². The van der Waals surface area contributed by atoms with Gasteiger partial charge in [-0.15, -0.1) is 11.3 Å². The Hall–Kier alpha value is -4.91. The third-order valence-corrected chi connectivity index (χ3v) is 8.78. The number of hydrogen-bond acceptors (Lipinski definition) is 9. The van der Waals surface area contributed by atoms with Crippen LogP contribution in [0.1, 0.15) is 61.9 Å². The second kappa shape index (κ2) is 12.5. The Morgan fingerprint density at radius 1 is 1.07 bits per heavy atom. The molecule has 1 aromatic carbocycles. The van der Waals surface area contributed by atoms with E-state index in [4.69, 9.17) is 19.9 Å². The van der Waals surface area contributed by atoms with Gasteiger partial charge in [-0.25, -0.2) is 14.8 Å². The quantitative estimate of drug-likeness (QED) is 0.221. The summed E-state index contributed by atoms with van der Waals surface area (Å²) in [4.78, 5) is 35.9. The van der Waals surface area contributed by atoms with Crippen LogP contribution in [0.15, 0.2) is 61.3 Å². The summed E-state index contributed by atoms with van der Waals surface area (Å²) in [7, 11) is 1.88. The van der Waals surface area contributed by atoms with E-state index in [1.807, 2.05) is 88.1 Å². The number of hydrogen-bond donors (Lipinski definition) is 1. The van der Waals surface area contributed by atoms with E-state index in [9.17, 15) is 9.59 Å². The van der Waals surface area contributed by atoms with E-state index in [1.165, 1.54) is 11.3 Å². The molecule has 0 aliphatic carbocycles. The smallest absolute Gasteiger partial charge is 0.410 e. The predicted molar refractivity (Wildman–Crippen MR) is 174 cm³/mol. The number of rotatable bonds is 8. The molecule has 0 saturated carbocycles. The lowest BCUT2D eigenvalue weighted by Crippen LogP contribution is -2.44. The average Bonchev–Trinajstić information content (AvgIpc) is 3.74. The van der Waals surface area contributed by atoms with E-state index in [2.05, 4.69) is 15.1 Å². The van der Waals surface area contributed by atoms with Crippen LogP contribution in [0.4, 0.5) is 4.79 Å². The summed E-state index contributed by atoms with van der Waals surface area (Å²) in [5.41, 5.74) is 9.79. The Bertz CT molecular complexity index is 1880. The molecule has 1 aliphatic heterocycles. The van der Waals surface area contributed by atoms with Crippen molar-refractivity contribution in [2.45, 2.75) is 58.3 Å². The number of fused-ring (bicyclic) bond motifs is 1. The van der Waals surface area contributed by atoms with Gasteiger partial charge in [-0.05, 0) is 57.0 Å². The van der Waals surface area contributed by atoms with Gasteiger partial charge >= 0.3 is 6.09 Å². The van der Waals surface area contributed by atoms with Crippen LogP contribution in [0.3, 0.4) is 0 Å². The minimum atomic E-state index is -0.571. The Labute approximate surface area is 270 Å². The molecule has 1 unspecified atom stereocenters. The molecule has 1 fully saturated rings. The lowest BCUT2D eigenvalue weighted by atomic mass is 10.1. The summed E-state index contributed by atoms with van der Waals surface area (Å²) >= 11 is 1.25.